The van der Waals surface area contributed by atoms with E-state index in [1.807, 2.05) is 22.2 Å². The van der Waals surface area contributed by atoms with Gasteiger partial charge in [0.25, 0.3) is 5.56 Å². The average molecular weight is 389 g/mol. The first-order valence-electron chi connectivity index (χ1n) is 7.54. The molecule has 0 spiro atoms. The Morgan fingerprint density at radius 2 is 2.12 bits per heavy atom. The van der Waals surface area contributed by atoms with Crippen LogP contribution in [-0.2, 0) is 30.2 Å². The van der Waals surface area contributed by atoms with Gasteiger partial charge in [0.15, 0.2) is 0 Å². The summed E-state index contributed by atoms with van der Waals surface area (Å²) in [5.74, 6) is -0.592. The number of aryl methyl sites for hydroxylation is 1. The van der Waals surface area contributed by atoms with Crippen LogP contribution in [-0.4, -0.2) is 20.1 Å². The van der Waals surface area contributed by atoms with Gasteiger partial charge in [0.1, 0.15) is 11.6 Å². The molecular weight excluding hydrogens is 374 g/mol. The van der Waals surface area contributed by atoms with Crippen LogP contribution in [0.4, 0.5) is 0 Å². The second kappa shape index (κ2) is 7.63. The lowest BCUT2D eigenvalue weighted by atomic mass is 10.3. The molecule has 0 saturated carbocycles. The van der Waals surface area contributed by atoms with Gasteiger partial charge in [-0.05, 0) is 17.5 Å². The summed E-state index contributed by atoms with van der Waals surface area (Å²) in [5, 5.41) is 6.70. The summed E-state index contributed by atoms with van der Waals surface area (Å²) in [6, 6.07) is 1.98. The van der Waals surface area contributed by atoms with Crippen LogP contribution in [0.5, 0.6) is 0 Å². The van der Waals surface area contributed by atoms with Crippen LogP contribution in [0.1, 0.15) is 11.3 Å². The number of carbonyl (C=O) groups is 1. The van der Waals surface area contributed by atoms with E-state index in [4.69, 9.17) is 4.74 Å². The lowest BCUT2D eigenvalue weighted by molar-refractivity contribution is -0.139. The highest BCUT2D eigenvalue weighted by Gasteiger charge is 2.08. The highest BCUT2D eigenvalue weighted by Crippen LogP contribution is 2.25. The van der Waals surface area contributed by atoms with Gasteiger partial charge >= 0.3 is 11.7 Å². The van der Waals surface area contributed by atoms with E-state index >= 15 is 0 Å². The molecule has 0 unspecified atom stereocenters. The van der Waals surface area contributed by atoms with Gasteiger partial charge in [0.05, 0.1) is 11.3 Å². The Bertz CT molecular complexity index is 1070. The summed E-state index contributed by atoms with van der Waals surface area (Å²) >= 11 is 3.08. The van der Waals surface area contributed by atoms with E-state index < -0.39 is 17.2 Å². The molecule has 0 aliphatic rings. The van der Waals surface area contributed by atoms with Crippen molar-refractivity contribution in [2.24, 2.45) is 14.1 Å². The number of hydrogen-bond donors (Lipinski definition) is 0. The van der Waals surface area contributed by atoms with Crippen molar-refractivity contribution in [1.29, 1.82) is 0 Å². The van der Waals surface area contributed by atoms with Gasteiger partial charge in [-0.2, -0.15) is 11.3 Å². The Morgan fingerprint density at radius 3 is 2.85 bits per heavy atom. The molecule has 0 N–H and O–H groups in total. The first-order valence-corrected chi connectivity index (χ1v) is 9.36. The SMILES string of the molecule is Cn1cc(/C=C/C(=O)OCc2csc(-c3ccsc3)n2)c(=O)n(C)c1=O. The van der Waals surface area contributed by atoms with Crippen molar-refractivity contribution in [2.45, 2.75) is 6.61 Å². The van der Waals surface area contributed by atoms with Gasteiger partial charge in [-0.3, -0.25) is 9.36 Å². The van der Waals surface area contributed by atoms with Crippen LogP contribution in [0.25, 0.3) is 16.6 Å². The monoisotopic (exact) mass is 389 g/mol. The van der Waals surface area contributed by atoms with Crippen molar-refractivity contribution in [1.82, 2.24) is 14.1 Å². The number of nitrogens with zero attached hydrogens (tertiary/aromatic N) is 3. The molecule has 134 valence electrons. The summed E-state index contributed by atoms with van der Waals surface area (Å²) in [6.45, 7) is 0.0507. The van der Waals surface area contributed by atoms with E-state index in [-0.39, 0.29) is 12.2 Å². The normalized spacial score (nSPS) is 11.2. The Labute approximate surface area is 156 Å². The number of ether oxygens (including phenoxy) is 1. The first-order chi connectivity index (χ1) is 12.5. The highest BCUT2D eigenvalue weighted by molar-refractivity contribution is 7.14. The van der Waals surface area contributed by atoms with Crippen molar-refractivity contribution < 1.29 is 9.53 Å². The Balaban J connectivity index is 1.64. The molecule has 3 heterocycles. The largest absolute Gasteiger partial charge is 0.456 e. The zero-order valence-corrected chi connectivity index (χ0v) is 15.7. The van der Waals surface area contributed by atoms with E-state index in [2.05, 4.69) is 4.98 Å². The van der Waals surface area contributed by atoms with Crippen LogP contribution in [0, 0.1) is 0 Å². The van der Waals surface area contributed by atoms with Crippen molar-refractivity contribution in [3.05, 3.63) is 66.6 Å². The minimum absolute atomic E-state index is 0.0507. The summed E-state index contributed by atoms with van der Waals surface area (Å²) in [6.07, 6.45) is 3.87. The highest BCUT2D eigenvalue weighted by atomic mass is 32.1. The van der Waals surface area contributed by atoms with Gasteiger partial charge in [-0.15, -0.1) is 11.3 Å². The van der Waals surface area contributed by atoms with Gasteiger partial charge < -0.3 is 9.30 Å². The number of thiophene rings is 1. The molecule has 0 fully saturated rings. The zero-order chi connectivity index (χ0) is 18.7. The van der Waals surface area contributed by atoms with Gasteiger partial charge in [0.2, 0.25) is 0 Å². The third-order valence-corrected chi connectivity index (χ3v) is 5.18. The number of hydrogen-bond acceptors (Lipinski definition) is 7. The second-order valence-electron chi connectivity index (χ2n) is 5.44. The third-order valence-electron chi connectivity index (χ3n) is 3.55. The lowest BCUT2D eigenvalue weighted by Gasteiger charge is -2.03. The molecule has 3 aromatic heterocycles. The number of aromatic nitrogens is 3. The predicted molar refractivity (Wildman–Crippen MR) is 101 cm³/mol. The first kappa shape index (κ1) is 18.0. The fraction of sp³-hybridized carbons (Fsp3) is 0.176. The molecule has 3 aromatic rings. The Morgan fingerprint density at radius 1 is 1.31 bits per heavy atom. The maximum Gasteiger partial charge on any atom is 0.331 e. The van der Waals surface area contributed by atoms with E-state index in [1.165, 1.54) is 42.3 Å². The molecule has 0 saturated heterocycles. The zero-order valence-electron chi connectivity index (χ0n) is 14.0. The minimum atomic E-state index is -0.592. The molecule has 0 aliphatic carbocycles. The maximum absolute atomic E-state index is 12.0. The number of carbonyl (C=O) groups excluding carboxylic acids is 1. The Kier molecular flexibility index (Phi) is 5.29. The molecular formula is C17H15N3O4S2. The van der Waals surface area contributed by atoms with Crippen LogP contribution < -0.4 is 11.2 Å². The average Bonchev–Trinajstić information content (AvgIpc) is 3.31. The molecule has 0 radical (unpaired) electrons. The van der Waals surface area contributed by atoms with Crippen molar-refractivity contribution in [3.8, 4) is 10.6 Å². The smallest absolute Gasteiger partial charge is 0.331 e. The molecule has 7 nitrogen and oxygen atoms in total. The van der Waals surface area contributed by atoms with Crippen LogP contribution in [0.2, 0.25) is 0 Å². The number of thiazole rings is 1. The topological polar surface area (TPSA) is 83.2 Å². The lowest BCUT2D eigenvalue weighted by Crippen LogP contribution is -2.37. The molecule has 3 rings (SSSR count). The maximum atomic E-state index is 12.0. The summed E-state index contributed by atoms with van der Waals surface area (Å²) < 4.78 is 7.40. The third kappa shape index (κ3) is 3.89. The van der Waals surface area contributed by atoms with Crippen molar-refractivity contribution in [2.75, 3.05) is 0 Å². The molecule has 26 heavy (non-hydrogen) atoms. The second-order valence-corrected chi connectivity index (χ2v) is 7.08. The van der Waals surface area contributed by atoms with Crippen molar-refractivity contribution >= 4 is 34.7 Å². The molecule has 0 amide bonds. The van der Waals surface area contributed by atoms with E-state index in [9.17, 15) is 14.4 Å². The summed E-state index contributed by atoms with van der Waals surface area (Å²) in [4.78, 5) is 39.9. The summed E-state index contributed by atoms with van der Waals surface area (Å²) in [5.41, 5.74) is 1.02. The molecule has 0 atom stereocenters. The van der Waals surface area contributed by atoms with E-state index in [1.54, 1.807) is 11.3 Å². The van der Waals surface area contributed by atoms with E-state index in [0.717, 1.165) is 21.2 Å². The van der Waals surface area contributed by atoms with Crippen molar-refractivity contribution in [3.63, 3.8) is 0 Å². The fourth-order valence-corrected chi connectivity index (χ4v) is 3.71. The standard InChI is InChI=1S/C17H15N3O4S2/c1-19-7-11(16(22)20(2)17(19)23)3-4-14(21)24-8-13-10-26-15(18-13)12-5-6-25-9-12/h3-7,9-10H,8H2,1-2H3/b4-3+. The van der Waals surface area contributed by atoms with Crippen LogP contribution >= 0.6 is 22.7 Å². The van der Waals surface area contributed by atoms with Crippen LogP contribution in [0.3, 0.4) is 0 Å². The van der Waals surface area contributed by atoms with Gasteiger partial charge in [-0.25, -0.2) is 14.6 Å². The molecule has 0 aromatic carbocycles. The number of esters is 1. The number of rotatable bonds is 5. The van der Waals surface area contributed by atoms with Gasteiger partial charge in [-0.1, -0.05) is 0 Å². The van der Waals surface area contributed by atoms with Crippen LogP contribution in [0.15, 0.2) is 44.1 Å². The molecule has 0 aliphatic heterocycles. The molecule has 9 heteroatoms. The van der Waals surface area contributed by atoms with E-state index in [0.29, 0.717) is 5.69 Å². The fourth-order valence-electron chi connectivity index (χ4n) is 2.19. The predicted octanol–water partition coefficient (Wildman–Crippen LogP) is 2.03. The minimum Gasteiger partial charge on any atom is -0.456 e. The molecule has 0 bridgehead atoms. The van der Waals surface area contributed by atoms with Gasteiger partial charge in [0, 0.05) is 42.7 Å². The quantitative estimate of drug-likeness (QED) is 0.492. The summed E-state index contributed by atoms with van der Waals surface area (Å²) in [7, 11) is 2.92. The Hall–Kier alpha value is -2.78.